The fraction of sp³-hybridized carbons (Fsp3) is 0.368. The minimum absolute atomic E-state index is 0.389. The molecule has 2 aromatic rings. The first-order valence-electron chi connectivity index (χ1n) is 8.82. The molecule has 1 heterocycles. The molecule has 1 aromatic heterocycles. The number of hydrazine groups is 1. The lowest BCUT2D eigenvalue weighted by Crippen LogP contribution is -2.56. The van der Waals surface area contributed by atoms with E-state index in [-0.39, 0.29) is 5.91 Å². The van der Waals surface area contributed by atoms with E-state index in [0.29, 0.717) is 22.8 Å². The van der Waals surface area contributed by atoms with E-state index in [1.807, 2.05) is 0 Å². The Kier molecular flexibility index (Phi) is 6.81. The number of rotatable bonds is 6. The molecule has 4 N–H and O–H groups in total. The molecule has 1 atom stereocenters. The molecule has 3 amide bonds. The van der Waals surface area contributed by atoms with Gasteiger partial charge in [-0.15, -0.1) is 0 Å². The van der Waals surface area contributed by atoms with Gasteiger partial charge in [0.2, 0.25) is 5.91 Å². The smallest absolute Gasteiger partial charge is 0.327 e. The van der Waals surface area contributed by atoms with Crippen LogP contribution in [0.5, 0.6) is 5.75 Å². The van der Waals surface area contributed by atoms with Crippen LogP contribution in [0.3, 0.4) is 0 Å². The Morgan fingerprint density at radius 2 is 1.90 bits per heavy atom. The minimum Gasteiger partial charge on any atom is -0.496 e. The number of amides is 3. The van der Waals surface area contributed by atoms with Gasteiger partial charge >= 0.3 is 11.8 Å². The molecule has 0 saturated heterocycles. The Morgan fingerprint density at radius 1 is 1.17 bits per heavy atom. The second-order valence-corrected chi connectivity index (χ2v) is 7.25. The van der Waals surface area contributed by atoms with Crippen LogP contribution >= 0.6 is 0 Å². The van der Waals surface area contributed by atoms with Crippen LogP contribution in [0.25, 0.3) is 11.3 Å². The van der Waals surface area contributed by atoms with Gasteiger partial charge in [-0.25, -0.2) is 4.98 Å². The van der Waals surface area contributed by atoms with E-state index in [0.717, 1.165) is 0 Å². The molecule has 0 aliphatic rings. The lowest BCUT2D eigenvalue weighted by molar-refractivity contribution is -0.141. The molecule has 29 heavy (non-hydrogen) atoms. The molecule has 0 fully saturated rings. The Balaban J connectivity index is 2.02. The molecule has 10 nitrogen and oxygen atoms in total. The predicted octanol–water partition coefficient (Wildman–Crippen LogP) is 1.07. The number of oxazole rings is 1. The molecule has 0 bridgehead atoms. The Labute approximate surface area is 168 Å². The third kappa shape index (κ3) is 5.47. The summed E-state index contributed by atoms with van der Waals surface area (Å²) in [6.07, 6.45) is 2.86. The molecular formula is C19H25N5O5. The first-order chi connectivity index (χ1) is 13.7. The lowest BCUT2D eigenvalue weighted by atomic mass is 9.86. The van der Waals surface area contributed by atoms with Crippen molar-refractivity contribution in [2.45, 2.75) is 26.8 Å². The fourth-order valence-electron chi connectivity index (χ4n) is 2.52. The summed E-state index contributed by atoms with van der Waals surface area (Å²) in [6.45, 7) is 5.35. The molecule has 0 spiro atoms. The molecule has 0 saturated carbocycles. The average molecular weight is 403 g/mol. The zero-order valence-corrected chi connectivity index (χ0v) is 17.0. The Bertz CT molecular complexity index is 874. The van der Waals surface area contributed by atoms with E-state index < -0.39 is 23.3 Å². The van der Waals surface area contributed by atoms with E-state index in [2.05, 4.69) is 26.5 Å². The summed E-state index contributed by atoms with van der Waals surface area (Å²) >= 11 is 0. The number of anilines is 1. The highest BCUT2D eigenvalue weighted by atomic mass is 16.5. The van der Waals surface area contributed by atoms with Crippen LogP contribution in [0.2, 0.25) is 0 Å². The molecule has 0 radical (unpaired) electrons. The number of nitrogens with one attached hydrogen (secondary N) is 4. The first-order valence-corrected chi connectivity index (χ1v) is 8.82. The van der Waals surface area contributed by atoms with Crippen molar-refractivity contribution >= 4 is 23.4 Å². The van der Waals surface area contributed by atoms with Gasteiger partial charge in [0.1, 0.15) is 11.8 Å². The van der Waals surface area contributed by atoms with Crippen molar-refractivity contribution in [1.29, 1.82) is 0 Å². The van der Waals surface area contributed by atoms with Crippen molar-refractivity contribution in [3.63, 3.8) is 0 Å². The average Bonchev–Trinajstić information content (AvgIpc) is 3.22. The van der Waals surface area contributed by atoms with Crippen molar-refractivity contribution in [3.8, 4) is 17.1 Å². The molecule has 0 unspecified atom stereocenters. The molecule has 0 aliphatic carbocycles. The maximum Gasteiger partial charge on any atom is 0.327 e. The zero-order valence-electron chi connectivity index (χ0n) is 17.0. The molecule has 1 aromatic carbocycles. The first kappa shape index (κ1) is 21.7. The number of likely N-dealkylation sites (N-methyl/N-ethyl adjacent to an activating group) is 1. The molecule has 156 valence electrons. The number of methoxy groups -OCH3 is 1. The van der Waals surface area contributed by atoms with Crippen LogP contribution in [-0.2, 0) is 14.4 Å². The van der Waals surface area contributed by atoms with Gasteiger partial charge in [-0.3, -0.25) is 25.2 Å². The molecule has 2 rings (SSSR count). The maximum absolute atomic E-state index is 12.2. The topological polar surface area (TPSA) is 135 Å². The summed E-state index contributed by atoms with van der Waals surface area (Å²) in [5.74, 6) is -1.26. The maximum atomic E-state index is 12.2. The number of hydrogen-bond donors (Lipinski definition) is 4. The highest BCUT2D eigenvalue weighted by molar-refractivity contribution is 6.35. The largest absolute Gasteiger partial charge is 0.496 e. The van der Waals surface area contributed by atoms with Crippen molar-refractivity contribution in [3.05, 3.63) is 30.8 Å². The summed E-state index contributed by atoms with van der Waals surface area (Å²) in [5, 5.41) is 4.92. The highest BCUT2D eigenvalue weighted by Crippen LogP contribution is 2.31. The van der Waals surface area contributed by atoms with E-state index in [1.54, 1.807) is 45.2 Å². The number of hydrogen-bond acceptors (Lipinski definition) is 7. The van der Waals surface area contributed by atoms with Crippen molar-refractivity contribution in [1.82, 2.24) is 21.0 Å². The number of benzene rings is 1. The fourth-order valence-corrected chi connectivity index (χ4v) is 2.52. The summed E-state index contributed by atoms with van der Waals surface area (Å²) in [6, 6.07) is 4.14. The van der Waals surface area contributed by atoms with Crippen LogP contribution in [0.1, 0.15) is 20.8 Å². The number of carbonyl (C=O) groups excluding carboxylic acids is 3. The summed E-state index contributed by atoms with van der Waals surface area (Å²) < 4.78 is 10.6. The SMILES string of the molecule is CNC(=O)[C@@H](NC(=O)C(=O)NNc1ccc(-c2cnco2)c(OC)c1)C(C)(C)C. The predicted molar refractivity (Wildman–Crippen MR) is 106 cm³/mol. The van der Waals surface area contributed by atoms with E-state index >= 15 is 0 Å². The molecule has 10 heteroatoms. The highest BCUT2D eigenvalue weighted by Gasteiger charge is 2.33. The van der Waals surface area contributed by atoms with Crippen LogP contribution in [-0.4, -0.2) is 42.9 Å². The van der Waals surface area contributed by atoms with Gasteiger partial charge in [0.05, 0.1) is 24.6 Å². The van der Waals surface area contributed by atoms with Crippen LogP contribution in [0.4, 0.5) is 5.69 Å². The van der Waals surface area contributed by atoms with Crippen LogP contribution < -0.4 is 26.2 Å². The zero-order chi connectivity index (χ0) is 21.6. The Morgan fingerprint density at radius 3 is 2.45 bits per heavy atom. The monoisotopic (exact) mass is 403 g/mol. The van der Waals surface area contributed by atoms with Gasteiger partial charge in [-0.2, -0.15) is 0 Å². The van der Waals surface area contributed by atoms with E-state index in [4.69, 9.17) is 9.15 Å². The van der Waals surface area contributed by atoms with Crippen molar-refractivity contribution in [2.75, 3.05) is 19.6 Å². The standard InChI is InChI=1S/C19H25N5O5/c1-19(2,3)15(16(25)20-4)22-17(26)18(27)24-23-11-6-7-12(13(8-11)28-5)14-9-21-10-29-14/h6-10,15,23H,1-5H3,(H,20,25)(H,22,26)(H,24,27)/t15-/m1/s1. The van der Waals surface area contributed by atoms with Gasteiger partial charge in [-0.05, 0) is 17.5 Å². The molecule has 0 aliphatic heterocycles. The van der Waals surface area contributed by atoms with E-state index in [9.17, 15) is 14.4 Å². The van der Waals surface area contributed by atoms with Crippen LogP contribution in [0.15, 0.2) is 35.2 Å². The second-order valence-electron chi connectivity index (χ2n) is 7.25. The molecular weight excluding hydrogens is 378 g/mol. The summed E-state index contributed by atoms with van der Waals surface area (Å²) in [5.41, 5.74) is 5.51. The summed E-state index contributed by atoms with van der Waals surface area (Å²) in [7, 11) is 2.96. The minimum atomic E-state index is -0.943. The number of ether oxygens (including phenoxy) is 1. The van der Waals surface area contributed by atoms with Gasteiger partial charge < -0.3 is 19.8 Å². The summed E-state index contributed by atoms with van der Waals surface area (Å²) in [4.78, 5) is 40.2. The lowest BCUT2D eigenvalue weighted by Gasteiger charge is -2.29. The normalized spacial score (nSPS) is 11.9. The van der Waals surface area contributed by atoms with Crippen molar-refractivity contribution in [2.24, 2.45) is 5.41 Å². The van der Waals surface area contributed by atoms with Crippen LogP contribution in [0, 0.1) is 5.41 Å². The van der Waals surface area contributed by atoms with Gasteiger partial charge in [0.25, 0.3) is 0 Å². The number of nitrogens with zero attached hydrogens (tertiary/aromatic N) is 1. The number of carbonyl (C=O) groups is 3. The van der Waals surface area contributed by atoms with Gasteiger partial charge in [0, 0.05) is 13.1 Å². The third-order valence-corrected chi connectivity index (χ3v) is 4.08. The van der Waals surface area contributed by atoms with E-state index in [1.165, 1.54) is 20.6 Å². The number of aromatic nitrogens is 1. The van der Waals surface area contributed by atoms with Gasteiger partial charge in [-0.1, -0.05) is 20.8 Å². The Hall–Kier alpha value is -3.56. The quantitative estimate of drug-likeness (QED) is 0.419. The third-order valence-electron chi connectivity index (χ3n) is 4.08. The van der Waals surface area contributed by atoms with Crippen molar-refractivity contribution < 1.29 is 23.5 Å². The van der Waals surface area contributed by atoms with Gasteiger partial charge in [0.15, 0.2) is 12.2 Å². The second kappa shape index (κ2) is 9.09.